The molecule has 3 nitrogen and oxygen atoms in total. The quantitative estimate of drug-likeness (QED) is 0.540. The summed E-state index contributed by atoms with van der Waals surface area (Å²) in [5, 5.41) is 19.1. The number of aryl methyl sites for hydroxylation is 1. The van der Waals surface area contributed by atoms with Crippen LogP contribution in [-0.2, 0) is 0 Å². The molecular formula is C9H10BNO2. The summed E-state index contributed by atoms with van der Waals surface area (Å²) in [5.74, 6) is 0. The topological polar surface area (TPSA) is 56.2 Å². The number of para-hydroxylation sites is 1. The van der Waals surface area contributed by atoms with Crippen LogP contribution in [0.3, 0.4) is 0 Å². The zero-order chi connectivity index (χ0) is 9.42. The molecule has 0 saturated carbocycles. The highest BCUT2D eigenvalue weighted by Crippen LogP contribution is 2.14. The lowest BCUT2D eigenvalue weighted by Crippen LogP contribution is -2.32. The van der Waals surface area contributed by atoms with E-state index in [1.807, 2.05) is 31.2 Å². The zero-order valence-corrected chi connectivity index (χ0v) is 7.28. The van der Waals surface area contributed by atoms with Gasteiger partial charge in [-0.25, -0.2) is 0 Å². The minimum absolute atomic E-state index is 0.473. The predicted molar refractivity (Wildman–Crippen MR) is 52.9 cm³/mol. The van der Waals surface area contributed by atoms with Crippen molar-refractivity contribution in [3.8, 4) is 0 Å². The number of hydrogen-bond acceptors (Lipinski definition) is 2. The van der Waals surface area contributed by atoms with Crippen LogP contribution in [0.2, 0.25) is 0 Å². The molecule has 1 aromatic heterocycles. The number of fused-ring (bicyclic) bond motifs is 1. The molecule has 0 aliphatic carbocycles. The third kappa shape index (κ3) is 1.24. The fourth-order valence-corrected chi connectivity index (χ4v) is 1.56. The fourth-order valence-electron chi connectivity index (χ4n) is 1.56. The van der Waals surface area contributed by atoms with Crippen molar-refractivity contribution in [3.63, 3.8) is 0 Å². The van der Waals surface area contributed by atoms with Crippen LogP contribution in [0.4, 0.5) is 0 Å². The van der Waals surface area contributed by atoms with E-state index in [0.717, 1.165) is 16.5 Å². The summed E-state index contributed by atoms with van der Waals surface area (Å²) in [6, 6.07) is 7.70. The number of nitrogens with one attached hydrogen (secondary N) is 1. The standard InChI is InChI=1S/C9H10BNO2/c1-6-7-4-2-3-5-8(7)11-9(6)10(12)13/h2-5,11-13H,1H3. The van der Waals surface area contributed by atoms with E-state index in [1.54, 1.807) is 0 Å². The van der Waals surface area contributed by atoms with Crippen LogP contribution < -0.4 is 5.59 Å². The molecule has 13 heavy (non-hydrogen) atoms. The molecule has 0 fully saturated rings. The summed E-state index contributed by atoms with van der Waals surface area (Å²) in [6.45, 7) is 1.87. The largest absolute Gasteiger partial charge is 0.505 e. The van der Waals surface area contributed by atoms with Gasteiger partial charge in [0.15, 0.2) is 0 Å². The zero-order valence-electron chi connectivity index (χ0n) is 7.28. The molecule has 2 rings (SSSR count). The highest BCUT2D eigenvalue weighted by Gasteiger charge is 2.17. The molecule has 0 atom stereocenters. The van der Waals surface area contributed by atoms with Gasteiger partial charge in [0.25, 0.3) is 0 Å². The SMILES string of the molecule is Cc1c(B(O)O)[nH]c2ccccc12. The van der Waals surface area contributed by atoms with E-state index in [9.17, 15) is 0 Å². The monoisotopic (exact) mass is 175 g/mol. The van der Waals surface area contributed by atoms with Gasteiger partial charge >= 0.3 is 7.12 Å². The molecule has 0 aliphatic rings. The summed E-state index contributed by atoms with van der Waals surface area (Å²) in [4.78, 5) is 2.96. The second kappa shape index (κ2) is 2.90. The van der Waals surface area contributed by atoms with Crippen LogP contribution in [-0.4, -0.2) is 22.2 Å². The van der Waals surface area contributed by atoms with Crippen LogP contribution in [0.25, 0.3) is 10.9 Å². The van der Waals surface area contributed by atoms with Gasteiger partial charge in [-0.3, -0.25) is 0 Å². The number of H-pyrrole nitrogens is 1. The summed E-state index contributed by atoms with van der Waals surface area (Å²) >= 11 is 0. The lowest BCUT2D eigenvalue weighted by atomic mass is 9.83. The van der Waals surface area contributed by atoms with Gasteiger partial charge < -0.3 is 15.0 Å². The van der Waals surface area contributed by atoms with E-state index >= 15 is 0 Å². The Balaban J connectivity index is 2.74. The first-order valence-electron chi connectivity index (χ1n) is 4.13. The van der Waals surface area contributed by atoms with E-state index < -0.39 is 7.12 Å². The summed E-state index contributed by atoms with van der Waals surface area (Å²) in [6.07, 6.45) is 0. The minimum atomic E-state index is -1.42. The van der Waals surface area contributed by atoms with Gasteiger partial charge in [-0.05, 0) is 18.6 Å². The maximum absolute atomic E-state index is 9.03. The van der Waals surface area contributed by atoms with Gasteiger partial charge in [-0.2, -0.15) is 0 Å². The van der Waals surface area contributed by atoms with Crippen molar-refractivity contribution in [2.24, 2.45) is 0 Å². The van der Waals surface area contributed by atoms with E-state index in [4.69, 9.17) is 10.0 Å². The molecule has 0 amide bonds. The Morgan fingerprint density at radius 3 is 2.54 bits per heavy atom. The van der Waals surface area contributed by atoms with Crippen LogP contribution in [0.1, 0.15) is 5.56 Å². The van der Waals surface area contributed by atoms with Gasteiger partial charge in [0.05, 0.1) is 0 Å². The van der Waals surface area contributed by atoms with Gasteiger partial charge in [0, 0.05) is 16.5 Å². The molecule has 3 N–H and O–H groups in total. The molecule has 0 bridgehead atoms. The molecule has 1 aromatic carbocycles. The molecule has 0 aliphatic heterocycles. The first kappa shape index (κ1) is 8.35. The van der Waals surface area contributed by atoms with Crippen LogP contribution in [0.15, 0.2) is 24.3 Å². The van der Waals surface area contributed by atoms with Gasteiger partial charge in [-0.1, -0.05) is 18.2 Å². The molecule has 0 unspecified atom stereocenters. The van der Waals surface area contributed by atoms with Crippen molar-refractivity contribution < 1.29 is 10.0 Å². The Morgan fingerprint density at radius 2 is 1.92 bits per heavy atom. The fraction of sp³-hybridized carbons (Fsp3) is 0.111. The molecule has 2 aromatic rings. The van der Waals surface area contributed by atoms with Crippen molar-refractivity contribution in [2.75, 3.05) is 0 Å². The van der Waals surface area contributed by atoms with Crippen LogP contribution >= 0.6 is 0 Å². The molecule has 1 heterocycles. The second-order valence-electron chi connectivity index (χ2n) is 3.08. The second-order valence-corrected chi connectivity index (χ2v) is 3.08. The number of rotatable bonds is 1. The molecular weight excluding hydrogens is 165 g/mol. The average Bonchev–Trinajstić information content (AvgIpc) is 2.45. The Hall–Kier alpha value is -1.26. The Bertz CT molecular complexity index is 436. The van der Waals surface area contributed by atoms with E-state index in [0.29, 0.717) is 5.59 Å². The first-order chi connectivity index (χ1) is 6.20. The minimum Gasteiger partial charge on any atom is -0.422 e. The van der Waals surface area contributed by atoms with Gasteiger partial charge in [-0.15, -0.1) is 0 Å². The maximum atomic E-state index is 9.03. The first-order valence-corrected chi connectivity index (χ1v) is 4.13. The Morgan fingerprint density at radius 1 is 1.23 bits per heavy atom. The van der Waals surface area contributed by atoms with E-state index in [2.05, 4.69) is 4.98 Å². The van der Waals surface area contributed by atoms with Crippen molar-refractivity contribution in [2.45, 2.75) is 6.92 Å². The summed E-state index contributed by atoms with van der Waals surface area (Å²) in [7, 11) is -1.42. The molecule has 0 radical (unpaired) electrons. The highest BCUT2D eigenvalue weighted by molar-refractivity contribution is 6.58. The molecule has 0 spiro atoms. The molecule has 4 heteroatoms. The van der Waals surface area contributed by atoms with Gasteiger partial charge in [0.2, 0.25) is 0 Å². The van der Waals surface area contributed by atoms with E-state index in [-0.39, 0.29) is 0 Å². The van der Waals surface area contributed by atoms with E-state index in [1.165, 1.54) is 0 Å². The van der Waals surface area contributed by atoms with Crippen molar-refractivity contribution in [3.05, 3.63) is 29.8 Å². The third-order valence-corrected chi connectivity index (χ3v) is 2.26. The smallest absolute Gasteiger partial charge is 0.422 e. The normalized spacial score (nSPS) is 10.7. The molecule has 66 valence electrons. The number of benzene rings is 1. The number of hydrogen-bond donors (Lipinski definition) is 3. The third-order valence-electron chi connectivity index (χ3n) is 2.26. The Labute approximate surface area is 76.2 Å². The highest BCUT2D eigenvalue weighted by atomic mass is 16.4. The number of aromatic amines is 1. The van der Waals surface area contributed by atoms with Crippen LogP contribution in [0.5, 0.6) is 0 Å². The van der Waals surface area contributed by atoms with Gasteiger partial charge in [0.1, 0.15) is 0 Å². The van der Waals surface area contributed by atoms with Crippen molar-refractivity contribution >= 4 is 23.6 Å². The Kier molecular flexibility index (Phi) is 1.86. The summed E-state index contributed by atoms with van der Waals surface area (Å²) in [5.41, 5.74) is 2.30. The number of aromatic nitrogens is 1. The average molecular weight is 175 g/mol. The molecule has 0 saturated heterocycles. The van der Waals surface area contributed by atoms with Crippen molar-refractivity contribution in [1.29, 1.82) is 0 Å². The van der Waals surface area contributed by atoms with Crippen molar-refractivity contribution in [1.82, 2.24) is 4.98 Å². The maximum Gasteiger partial charge on any atom is 0.505 e. The predicted octanol–water partition coefficient (Wildman–Crippen LogP) is 0.156. The van der Waals surface area contributed by atoms with Crippen LogP contribution in [0, 0.1) is 6.92 Å². The lowest BCUT2D eigenvalue weighted by Gasteiger charge is -1.95. The summed E-state index contributed by atoms with van der Waals surface area (Å²) < 4.78 is 0. The lowest BCUT2D eigenvalue weighted by molar-refractivity contribution is 0.424.